The highest BCUT2D eigenvalue weighted by Gasteiger charge is 2.34. The Balaban J connectivity index is 1.71. The Hall–Kier alpha value is -2.40. The molecule has 1 amide bonds. The van der Waals surface area contributed by atoms with E-state index in [0.29, 0.717) is 22.9 Å². The molecule has 26 heavy (non-hydrogen) atoms. The Kier molecular flexibility index (Phi) is 5.28. The van der Waals surface area contributed by atoms with E-state index < -0.39 is 5.60 Å². The lowest BCUT2D eigenvalue weighted by molar-refractivity contribution is -0.124. The van der Waals surface area contributed by atoms with Crippen molar-refractivity contribution in [3.8, 4) is 17.2 Å². The maximum Gasteiger partial charge on any atom is 0.258 e. The number of nitrogens with one attached hydrogen (secondary N) is 1. The number of amides is 1. The number of rotatable bonds is 5. The molecule has 1 aliphatic rings. The molecule has 0 spiro atoms. The highest BCUT2D eigenvalue weighted by Crippen LogP contribution is 2.41. The Labute approximate surface area is 158 Å². The van der Waals surface area contributed by atoms with E-state index in [1.54, 1.807) is 19.2 Å². The first kappa shape index (κ1) is 18.4. The summed E-state index contributed by atoms with van der Waals surface area (Å²) in [5.41, 5.74) is 0.525. The molecule has 1 aliphatic heterocycles. The first-order chi connectivity index (χ1) is 12.4. The summed E-state index contributed by atoms with van der Waals surface area (Å²) in [6.07, 6.45) is 0.657. The van der Waals surface area contributed by atoms with Crippen LogP contribution in [0.3, 0.4) is 0 Å². The zero-order chi connectivity index (χ0) is 18.7. The number of para-hydroxylation sites is 1. The van der Waals surface area contributed by atoms with Crippen LogP contribution in [0.15, 0.2) is 42.5 Å². The van der Waals surface area contributed by atoms with Crippen molar-refractivity contribution < 1.29 is 19.0 Å². The number of fused-ring (bicyclic) bond motifs is 1. The van der Waals surface area contributed by atoms with Gasteiger partial charge >= 0.3 is 0 Å². The number of benzene rings is 2. The van der Waals surface area contributed by atoms with Gasteiger partial charge in [-0.1, -0.05) is 23.7 Å². The molecule has 1 N–H and O–H groups in total. The van der Waals surface area contributed by atoms with Crippen LogP contribution >= 0.6 is 11.6 Å². The highest BCUT2D eigenvalue weighted by molar-refractivity contribution is 6.32. The molecule has 0 saturated heterocycles. The van der Waals surface area contributed by atoms with Crippen molar-refractivity contribution in [2.24, 2.45) is 0 Å². The van der Waals surface area contributed by atoms with Gasteiger partial charge in [0, 0.05) is 18.1 Å². The summed E-state index contributed by atoms with van der Waals surface area (Å²) in [7, 11) is 1.61. The number of carbonyl (C=O) groups excluding carboxylic acids is 1. The number of methoxy groups -OCH3 is 1. The minimum Gasteiger partial charge on any atom is -0.497 e. The summed E-state index contributed by atoms with van der Waals surface area (Å²) in [4.78, 5) is 12.4. The third kappa shape index (κ3) is 4.22. The smallest absolute Gasteiger partial charge is 0.258 e. The number of carbonyl (C=O) groups is 1. The molecule has 1 atom stereocenters. The summed E-state index contributed by atoms with van der Waals surface area (Å²) < 4.78 is 16.8. The second-order valence-corrected chi connectivity index (χ2v) is 7.22. The molecule has 0 radical (unpaired) electrons. The molecule has 0 saturated carbocycles. The topological polar surface area (TPSA) is 56.8 Å². The Bertz CT molecular complexity index is 806. The molecule has 3 rings (SSSR count). The molecule has 0 aliphatic carbocycles. The predicted octanol–water partition coefficient (Wildman–Crippen LogP) is 4.15. The Morgan fingerprint density at radius 3 is 2.81 bits per heavy atom. The van der Waals surface area contributed by atoms with Gasteiger partial charge in [-0.25, -0.2) is 0 Å². The zero-order valence-electron chi connectivity index (χ0n) is 15.0. The molecule has 2 aromatic rings. The monoisotopic (exact) mass is 375 g/mol. The van der Waals surface area contributed by atoms with Crippen molar-refractivity contribution in [2.45, 2.75) is 31.9 Å². The van der Waals surface area contributed by atoms with Crippen molar-refractivity contribution in [1.82, 2.24) is 5.32 Å². The zero-order valence-corrected chi connectivity index (χ0v) is 15.8. The molecular weight excluding hydrogens is 354 g/mol. The van der Waals surface area contributed by atoms with E-state index in [1.165, 1.54) is 0 Å². The van der Waals surface area contributed by atoms with Crippen molar-refractivity contribution in [2.75, 3.05) is 13.7 Å². The van der Waals surface area contributed by atoms with E-state index in [4.69, 9.17) is 25.8 Å². The third-order valence-corrected chi connectivity index (χ3v) is 4.52. The summed E-state index contributed by atoms with van der Waals surface area (Å²) in [5.74, 6) is 1.71. The van der Waals surface area contributed by atoms with Crippen LogP contribution < -0.4 is 19.5 Å². The molecule has 0 aromatic heterocycles. The largest absolute Gasteiger partial charge is 0.497 e. The average Bonchev–Trinajstić information content (AvgIpc) is 2.59. The van der Waals surface area contributed by atoms with Gasteiger partial charge < -0.3 is 19.5 Å². The van der Waals surface area contributed by atoms with Crippen LogP contribution in [0.1, 0.15) is 31.9 Å². The van der Waals surface area contributed by atoms with Crippen molar-refractivity contribution >= 4 is 17.5 Å². The van der Waals surface area contributed by atoms with Crippen LogP contribution in [0.4, 0.5) is 0 Å². The molecule has 138 valence electrons. The van der Waals surface area contributed by atoms with Crippen LogP contribution in [0.25, 0.3) is 0 Å². The molecule has 1 heterocycles. The Morgan fingerprint density at radius 1 is 1.31 bits per heavy atom. The van der Waals surface area contributed by atoms with Crippen molar-refractivity contribution in [3.63, 3.8) is 0 Å². The van der Waals surface area contributed by atoms with Gasteiger partial charge in [-0.05, 0) is 38.1 Å². The van der Waals surface area contributed by atoms with Crippen LogP contribution in [0, 0.1) is 0 Å². The number of ether oxygens (including phenoxy) is 3. The molecule has 0 bridgehead atoms. The van der Waals surface area contributed by atoms with E-state index in [9.17, 15) is 4.79 Å². The highest BCUT2D eigenvalue weighted by atomic mass is 35.5. The SMILES string of the molecule is COc1ccc2c(c1)OC(C)(C)C[C@@H]2NC(=O)COc1ccccc1Cl. The third-order valence-electron chi connectivity index (χ3n) is 4.21. The van der Waals surface area contributed by atoms with Crippen molar-refractivity contribution in [3.05, 3.63) is 53.1 Å². The van der Waals surface area contributed by atoms with Gasteiger partial charge in [0.15, 0.2) is 6.61 Å². The average molecular weight is 376 g/mol. The van der Waals surface area contributed by atoms with Crippen LogP contribution in [0.2, 0.25) is 5.02 Å². The molecule has 0 unspecified atom stereocenters. The van der Waals surface area contributed by atoms with Crippen LogP contribution in [-0.2, 0) is 4.79 Å². The van der Waals surface area contributed by atoms with Gasteiger partial charge in [0.05, 0.1) is 18.2 Å². The quantitative estimate of drug-likeness (QED) is 0.853. The van der Waals surface area contributed by atoms with E-state index in [1.807, 2.05) is 44.2 Å². The lowest BCUT2D eigenvalue weighted by atomic mass is 9.89. The van der Waals surface area contributed by atoms with Crippen LogP contribution in [0.5, 0.6) is 17.2 Å². The molecule has 6 heteroatoms. The molecule has 0 fully saturated rings. The summed E-state index contributed by atoms with van der Waals surface area (Å²) in [6, 6.07) is 12.5. The minimum absolute atomic E-state index is 0.104. The number of hydrogen-bond acceptors (Lipinski definition) is 4. The lowest BCUT2D eigenvalue weighted by Gasteiger charge is -2.38. The van der Waals surface area contributed by atoms with E-state index >= 15 is 0 Å². The lowest BCUT2D eigenvalue weighted by Crippen LogP contribution is -2.42. The van der Waals surface area contributed by atoms with Gasteiger partial charge in [-0.2, -0.15) is 0 Å². The number of hydrogen-bond donors (Lipinski definition) is 1. The maximum atomic E-state index is 12.4. The first-order valence-electron chi connectivity index (χ1n) is 8.41. The van der Waals surface area contributed by atoms with Gasteiger partial charge in [0.25, 0.3) is 5.91 Å². The standard InChI is InChI=1S/C20H22ClNO4/c1-20(2)11-16(14-9-8-13(24-3)10-18(14)26-20)22-19(23)12-25-17-7-5-4-6-15(17)21/h4-10,16H,11-12H2,1-3H3,(H,22,23)/t16-/m0/s1. The normalized spacial score (nSPS) is 17.6. The van der Waals surface area contributed by atoms with E-state index in [-0.39, 0.29) is 18.6 Å². The maximum absolute atomic E-state index is 12.4. The summed E-state index contributed by atoms with van der Waals surface area (Å²) >= 11 is 6.05. The van der Waals surface area contributed by atoms with Gasteiger partial charge in [0.1, 0.15) is 22.8 Å². The number of halogens is 1. The first-order valence-corrected chi connectivity index (χ1v) is 8.79. The van der Waals surface area contributed by atoms with Gasteiger partial charge in [0.2, 0.25) is 0 Å². The second-order valence-electron chi connectivity index (χ2n) is 6.81. The fourth-order valence-electron chi connectivity index (χ4n) is 3.03. The summed E-state index contributed by atoms with van der Waals surface area (Å²) in [5, 5.41) is 3.51. The minimum atomic E-state index is -0.402. The molecule has 2 aromatic carbocycles. The van der Waals surface area contributed by atoms with E-state index in [0.717, 1.165) is 11.3 Å². The summed E-state index contributed by atoms with van der Waals surface area (Å²) in [6.45, 7) is 3.89. The van der Waals surface area contributed by atoms with Crippen molar-refractivity contribution in [1.29, 1.82) is 0 Å². The Morgan fingerprint density at radius 2 is 2.08 bits per heavy atom. The molecule has 5 nitrogen and oxygen atoms in total. The van der Waals surface area contributed by atoms with E-state index in [2.05, 4.69) is 5.32 Å². The van der Waals surface area contributed by atoms with Gasteiger partial charge in [-0.3, -0.25) is 4.79 Å². The fourth-order valence-corrected chi connectivity index (χ4v) is 3.22. The fraction of sp³-hybridized carbons (Fsp3) is 0.350. The van der Waals surface area contributed by atoms with Gasteiger partial charge in [-0.15, -0.1) is 0 Å². The second kappa shape index (κ2) is 7.46. The van der Waals surface area contributed by atoms with Crippen LogP contribution in [-0.4, -0.2) is 25.2 Å². The molecular formula is C20H22ClNO4. The predicted molar refractivity (Wildman–Crippen MR) is 100 cm³/mol.